The third-order valence-corrected chi connectivity index (χ3v) is 7.28. The Bertz CT molecular complexity index is 1720. The number of primary amides is 1. The van der Waals surface area contributed by atoms with Gasteiger partial charge in [-0.15, -0.1) is 0 Å². The van der Waals surface area contributed by atoms with E-state index < -0.39 is 9.70 Å². The summed E-state index contributed by atoms with van der Waals surface area (Å²) in [6, 6.07) is 23.8. The van der Waals surface area contributed by atoms with Crippen molar-refractivity contribution in [2.45, 2.75) is 49.6 Å². The van der Waals surface area contributed by atoms with Crippen molar-refractivity contribution in [3.05, 3.63) is 112 Å². The average molecular weight is 656 g/mol. The minimum absolute atomic E-state index is 0.0375. The average Bonchev–Trinajstić information content (AvgIpc) is 3.67. The van der Waals surface area contributed by atoms with E-state index in [2.05, 4.69) is 35.2 Å². The van der Waals surface area contributed by atoms with Gasteiger partial charge in [0.05, 0.1) is 5.56 Å². The number of hydrogen-bond donors (Lipinski definition) is 1. The highest BCUT2D eigenvalue weighted by atomic mass is 35.6. The summed E-state index contributed by atoms with van der Waals surface area (Å²) in [4.78, 5) is 16.3. The number of ether oxygens (including phenoxy) is 2. The number of aryl methyl sites for hydroxylation is 2. The molecule has 0 aliphatic carbocycles. The molecule has 0 radical (unpaired) electrons. The van der Waals surface area contributed by atoms with Crippen LogP contribution in [0.15, 0.2) is 81.8 Å². The van der Waals surface area contributed by atoms with Gasteiger partial charge in [0.1, 0.15) is 30.5 Å². The first kappa shape index (κ1) is 31.4. The Labute approximate surface area is 269 Å². The molecule has 5 rings (SSSR count). The zero-order valence-corrected chi connectivity index (χ0v) is 26.2. The fraction of sp³-hybridized carbons (Fsp3) is 0.250. The summed E-state index contributed by atoms with van der Waals surface area (Å²) in [5, 5.41) is 7.74. The van der Waals surface area contributed by atoms with Gasteiger partial charge in [0.2, 0.25) is 5.82 Å². The van der Waals surface area contributed by atoms with E-state index in [1.54, 1.807) is 0 Å². The molecule has 1 amide bonds. The Morgan fingerprint density at radius 2 is 1.48 bits per heavy atom. The van der Waals surface area contributed by atoms with Crippen LogP contribution in [-0.4, -0.2) is 21.2 Å². The molecule has 0 aliphatic rings. The highest BCUT2D eigenvalue weighted by Gasteiger charge is 2.33. The number of hydrogen-bond acceptors (Lipinski definition) is 8. The van der Waals surface area contributed by atoms with Crippen molar-refractivity contribution < 1.29 is 23.3 Å². The van der Waals surface area contributed by atoms with Crippen LogP contribution in [0, 0.1) is 0 Å². The standard InChI is InChI=1S/C32H29Cl3N4O5/c1-19(2)23-15-22(13-14-24-27(28(29(36)40)38-43-24)30-37-31(44-39-30)32(33,34)35)25(41-17-20-9-5-3-6-10-20)16-26(23)42-18-21-11-7-4-8-12-21/h3-12,15-16,19H,13-14,17-18H2,1-2H3,(H2,36,40). The zero-order chi connectivity index (χ0) is 31.3. The lowest BCUT2D eigenvalue weighted by atomic mass is 9.96. The molecular weight excluding hydrogens is 627 g/mol. The molecule has 0 atom stereocenters. The lowest BCUT2D eigenvalue weighted by molar-refractivity contribution is 0.0992. The van der Waals surface area contributed by atoms with Crippen molar-refractivity contribution >= 4 is 40.7 Å². The van der Waals surface area contributed by atoms with E-state index in [0.717, 1.165) is 28.0 Å². The number of nitrogens with zero attached hydrogens (tertiary/aromatic N) is 3. The van der Waals surface area contributed by atoms with Crippen LogP contribution >= 0.6 is 34.8 Å². The largest absolute Gasteiger partial charge is 0.488 e. The van der Waals surface area contributed by atoms with Gasteiger partial charge in [-0.05, 0) is 40.7 Å². The second kappa shape index (κ2) is 13.7. The van der Waals surface area contributed by atoms with Gasteiger partial charge in [0.25, 0.3) is 15.6 Å². The summed E-state index contributed by atoms with van der Waals surface area (Å²) >= 11 is 17.7. The van der Waals surface area contributed by atoms with Crippen LogP contribution in [0.1, 0.15) is 64.2 Å². The molecule has 5 aromatic rings. The number of alkyl halides is 3. The molecule has 0 bridgehead atoms. The van der Waals surface area contributed by atoms with Crippen molar-refractivity contribution in [3.8, 4) is 22.9 Å². The highest BCUT2D eigenvalue weighted by molar-refractivity contribution is 6.66. The molecule has 0 spiro atoms. The van der Waals surface area contributed by atoms with E-state index in [4.69, 9.17) is 59.1 Å². The lowest BCUT2D eigenvalue weighted by Gasteiger charge is -2.20. The van der Waals surface area contributed by atoms with Crippen molar-refractivity contribution in [2.24, 2.45) is 5.73 Å². The normalized spacial score (nSPS) is 11.6. The van der Waals surface area contributed by atoms with E-state index in [1.165, 1.54) is 0 Å². The van der Waals surface area contributed by atoms with Crippen LogP contribution in [0.25, 0.3) is 11.4 Å². The molecule has 0 fully saturated rings. The quantitative estimate of drug-likeness (QED) is 0.135. The number of aromatic nitrogens is 3. The number of benzene rings is 3. The molecule has 0 aliphatic heterocycles. The number of halogens is 3. The first-order chi connectivity index (χ1) is 21.1. The first-order valence-corrected chi connectivity index (χ1v) is 14.9. The van der Waals surface area contributed by atoms with Gasteiger partial charge in [0.15, 0.2) is 5.69 Å². The number of rotatable bonds is 12. The van der Waals surface area contributed by atoms with Crippen molar-refractivity contribution in [2.75, 3.05) is 0 Å². The van der Waals surface area contributed by atoms with Gasteiger partial charge in [-0.3, -0.25) is 4.79 Å². The van der Waals surface area contributed by atoms with Crippen LogP contribution in [0.4, 0.5) is 0 Å². The summed E-state index contributed by atoms with van der Waals surface area (Å²) in [7, 11) is 0. The van der Waals surface area contributed by atoms with Crippen molar-refractivity contribution in [1.29, 1.82) is 0 Å². The summed E-state index contributed by atoms with van der Waals surface area (Å²) in [5.41, 5.74) is 9.56. The molecule has 44 heavy (non-hydrogen) atoms. The van der Waals surface area contributed by atoms with E-state index in [1.807, 2.05) is 66.7 Å². The Morgan fingerprint density at radius 3 is 2.02 bits per heavy atom. The Balaban J connectivity index is 1.48. The summed E-state index contributed by atoms with van der Waals surface area (Å²) in [6.45, 7) is 4.97. The van der Waals surface area contributed by atoms with Crippen molar-refractivity contribution in [3.63, 3.8) is 0 Å². The highest BCUT2D eigenvalue weighted by Crippen LogP contribution is 2.39. The topological polar surface area (TPSA) is 127 Å². The molecule has 0 saturated carbocycles. The van der Waals surface area contributed by atoms with Crippen LogP contribution in [0.3, 0.4) is 0 Å². The first-order valence-electron chi connectivity index (χ1n) is 13.8. The molecule has 0 unspecified atom stereocenters. The van der Waals surface area contributed by atoms with Gasteiger partial charge in [-0.25, -0.2) is 0 Å². The fourth-order valence-electron chi connectivity index (χ4n) is 4.58. The van der Waals surface area contributed by atoms with E-state index in [0.29, 0.717) is 31.1 Å². The number of amides is 1. The molecule has 228 valence electrons. The molecule has 2 heterocycles. The third kappa shape index (κ3) is 7.53. The predicted octanol–water partition coefficient (Wildman–Crippen LogP) is 7.72. The number of carbonyl (C=O) groups is 1. The van der Waals surface area contributed by atoms with Gasteiger partial charge >= 0.3 is 0 Å². The van der Waals surface area contributed by atoms with Crippen LogP contribution < -0.4 is 15.2 Å². The minimum Gasteiger partial charge on any atom is -0.488 e. The molecule has 9 nitrogen and oxygen atoms in total. The SMILES string of the molecule is CC(C)c1cc(CCc2onc(C(N)=O)c2-c2noc(C(Cl)(Cl)Cl)n2)c(OCc2ccccc2)cc1OCc1ccccc1. The van der Waals surface area contributed by atoms with Gasteiger partial charge in [-0.2, -0.15) is 4.98 Å². The van der Waals surface area contributed by atoms with Gasteiger partial charge in [0, 0.05) is 12.5 Å². The molecule has 12 heteroatoms. The van der Waals surface area contributed by atoms with Crippen molar-refractivity contribution in [1.82, 2.24) is 15.3 Å². The maximum atomic E-state index is 12.2. The minimum atomic E-state index is -1.96. The fourth-order valence-corrected chi connectivity index (χ4v) is 4.81. The summed E-state index contributed by atoms with van der Waals surface area (Å²) in [6.07, 6.45) is 0.731. The molecule has 2 aromatic heterocycles. The predicted molar refractivity (Wildman–Crippen MR) is 167 cm³/mol. The maximum Gasteiger partial charge on any atom is 0.279 e. The van der Waals surface area contributed by atoms with Crippen LogP contribution in [0.2, 0.25) is 0 Å². The molecule has 2 N–H and O–H groups in total. The second-order valence-electron chi connectivity index (χ2n) is 10.3. The molecule has 0 saturated heterocycles. The Morgan fingerprint density at radius 1 is 0.864 bits per heavy atom. The smallest absolute Gasteiger partial charge is 0.279 e. The van der Waals surface area contributed by atoms with E-state index >= 15 is 0 Å². The van der Waals surface area contributed by atoms with Crippen LogP contribution in [0.5, 0.6) is 11.5 Å². The monoisotopic (exact) mass is 654 g/mol. The zero-order valence-electron chi connectivity index (χ0n) is 23.9. The van der Waals surface area contributed by atoms with E-state index in [-0.39, 0.29) is 35.3 Å². The lowest BCUT2D eigenvalue weighted by Crippen LogP contribution is -2.13. The molecular formula is C32H29Cl3N4O5. The van der Waals surface area contributed by atoms with Gasteiger partial charge in [-0.1, -0.05) is 120 Å². The Kier molecular flexibility index (Phi) is 9.78. The van der Waals surface area contributed by atoms with Crippen LogP contribution in [-0.2, 0) is 29.8 Å². The number of carbonyl (C=O) groups excluding carboxylic acids is 1. The van der Waals surface area contributed by atoms with Gasteiger partial charge < -0.3 is 24.3 Å². The maximum absolute atomic E-state index is 12.2. The van der Waals surface area contributed by atoms with E-state index in [9.17, 15) is 4.79 Å². The Hall–Kier alpha value is -4.05. The third-order valence-electron chi connectivity index (χ3n) is 6.80. The molecule has 3 aromatic carbocycles. The second-order valence-corrected chi connectivity index (χ2v) is 12.6. The number of nitrogens with two attached hydrogens (primary N) is 1. The summed E-state index contributed by atoms with van der Waals surface area (Å²) < 4.78 is 21.4. The summed E-state index contributed by atoms with van der Waals surface area (Å²) in [5.74, 6) is 0.705.